The monoisotopic (exact) mass is 294 g/mol. The maximum absolute atomic E-state index is 12.1. The number of carbonyl (C=O) groups excluding carboxylic acids is 1. The predicted molar refractivity (Wildman–Crippen MR) is 86.2 cm³/mol. The maximum atomic E-state index is 12.1. The molecule has 112 valence electrons. The third-order valence-electron chi connectivity index (χ3n) is 3.52. The van der Waals surface area contributed by atoms with Gasteiger partial charge in [-0.15, -0.1) is 0 Å². The standard InChI is InChI=1S/C17H18N4O/c22-17(15-11-12-18-19-15)21-20-16(13-7-3-1-4-8-13)14-9-5-2-6-10-14/h1-10,15,18-19H,11-12H2,(H,21,22). The van der Waals surface area contributed by atoms with E-state index >= 15 is 0 Å². The summed E-state index contributed by atoms with van der Waals surface area (Å²) < 4.78 is 0. The molecular formula is C17H18N4O. The Morgan fingerprint density at radius 2 is 1.59 bits per heavy atom. The van der Waals surface area contributed by atoms with Crippen LogP contribution in [0.2, 0.25) is 0 Å². The molecule has 1 fully saturated rings. The molecule has 1 aliphatic heterocycles. The average Bonchev–Trinajstić information content (AvgIpc) is 3.11. The minimum Gasteiger partial charge on any atom is -0.271 e. The van der Waals surface area contributed by atoms with Crippen LogP contribution in [0.25, 0.3) is 0 Å². The predicted octanol–water partition coefficient (Wildman–Crippen LogP) is 1.42. The highest BCUT2D eigenvalue weighted by atomic mass is 16.2. The number of carbonyl (C=O) groups is 1. The summed E-state index contributed by atoms with van der Waals surface area (Å²) >= 11 is 0. The molecule has 0 aromatic heterocycles. The lowest BCUT2D eigenvalue weighted by Gasteiger charge is -2.10. The van der Waals surface area contributed by atoms with Gasteiger partial charge in [-0.3, -0.25) is 10.2 Å². The molecule has 0 aliphatic carbocycles. The molecule has 1 atom stereocenters. The van der Waals surface area contributed by atoms with E-state index in [0.29, 0.717) is 0 Å². The van der Waals surface area contributed by atoms with E-state index in [0.717, 1.165) is 29.8 Å². The van der Waals surface area contributed by atoms with Crippen molar-refractivity contribution < 1.29 is 4.79 Å². The second kappa shape index (κ2) is 6.98. The van der Waals surface area contributed by atoms with Crippen LogP contribution in [0, 0.1) is 0 Å². The van der Waals surface area contributed by atoms with E-state index in [2.05, 4.69) is 21.4 Å². The topological polar surface area (TPSA) is 65.5 Å². The Morgan fingerprint density at radius 3 is 2.09 bits per heavy atom. The smallest absolute Gasteiger partial charge is 0.258 e. The van der Waals surface area contributed by atoms with Crippen LogP contribution in [-0.4, -0.2) is 24.2 Å². The van der Waals surface area contributed by atoms with E-state index < -0.39 is 0 Å². The molecule has 1 heterocycles. The minimum absolute atomic E-state index is 0.130. The Labute approximate surface area is 129 Å². The van der Waals surface area contributed by atoms with Crippen LogP contribution in [-0.2, 0) is 4.79 Å². The first kappa shape index (κ1) is 14.4. The molecule has 1 amide bonds. The Morgan fingerprint density at radius 1 is 1.00 bits per heavy atom. The van der Waals surface area contributed by atoms with Gasteiger partial charge in [0.1, 0.15) is 6.04 Å². The van der Waals surface area contributed by atoms with Crippen LogP contribution < -0.4 is 16.3 Å². The Kier molecular flexibility index (Phi) is 4.58. The third kappa shape index (κ3) is 3.39. The number of hydrazone groups is 1. The summed E-state index contributed by atoms with van der Waals surface area (Å²) in [5, 5.41) is 4.36. The minimum atomic E-state index is -0.239. The van der Waals surface area contributed by atoms with Crippen LogP contribution in [0.15, 0.2) is 65.8 Å². The van der Waals surface area contributed by atoms with Crippen LogP contribution in [0.4, 0.5) is 0 Å². The zero-order valence-electron chi connectivity index (χ0n) is 12.1. The van der Waals surface area contributed by atoms with Crippen LogP contribution in [0.5, 0.6) is 0 Å². The fourth-order valence-electron chi connectivity index (χ4n) is 2.36. The van der Waals surface area contributed by atoms with Crippen LogP contribution >= 0.6 is 0 Å². The number of hydrogen-bond donors (Lipinski definition) is 3. The molecule has 0 bridgehead atoms. The van der Waals surface area contributed by atoms with Crippen molar-refractivity contribution in [3.05, 3.63) is 71.8 Å². The van der Waals surface area contributed by atoms with Crippen LogP contribution in [0.3, 0.4) is 0 Å². The molecule has 0 radical (unpaired) electrons. The van der Waals surface area contributed by atoms with Crippen molar-refractivity contribution in [1.82, 2.24) is 16.3 Å². The number of hydrazine groups is 1. The van der Waals surface area contributed by atoms with Crippen molar-refractivity contribution in [3.63, 3.8) is 0 Å². The summed E-state index contributed by atoms with van der Waals surface area (Å²) in [4.78, 5) is 12.1. The lowest BCUT2D eigenvalue weighted by atomic mass is 10.0. The molecular weight excluding hydrogens is 276 g/mol. The molecule has 1 unspecified atom stereocenters. The van der Waals surface area contributed by atoms with E-state index in [9.17, 15) is 4.79 Å². The molecule has 1 aliphatic rings. The van der Waals surface area contributed by atoms with Gasteiger partial charge in [-0.2, -0.15) is 5.10 Å². The normalized spacial score (nSPS) is 17.0. The van der Waals surface area contributed by atoms with Crippen molar-refractivity contribution in [2.45, 2.75) is 12.5 Å². The van der Waals surface area contributed by atoms with Gasteiger partial charge in [0.25, 0.3) is 5.91 Å². The maximum Gasteiger partial charge on any atom is 0.258 e. The summed E-state index contributed by atoms with van der Waals surface area (Å²) in [6, 6.07) is 19.4. The summed E-state index contributed by atoms with van der Waals surface area (Å²) in [6.45, 7) is 0.784. The highest BCUT2D eigenvalue weighted by Crippen LogP contribution is 2.10. The summed E-state index contributed by atoms with van der Waals surface area (Å²) in [5.41, 5.74) is 11.2. The number of hydrogen-bond acceptors (Lipinski definition) is 4. The SMILES string of the molecule is O=C(NN=C(c1ccccc1)c1ccccc1)C1CCNN1. The number of rotatable bonds is 4. The summed E-state index contributed by atoms with van der Waals surface area (Å²) in [5.74, 6) is -0.130. The van der Waals surface area contributed by atoms with Gasteiger partial charge in [-0.25, -0.2) is 10.9 Å². The first-order chi connectivity index (χ1) is 10.8. The van der Waals surface area contributed by atoms with Crippen LogP contribution in [0.1, 0.15) is 17.5 Å². The second-order valence-electron chi connectivity index (χ2n) is 5.08. The molecule has 2 aromatic carbocycles. The Hall–Kier alpha value is -2.50. The van der Waals surface area contributed by atoms with Gasteiger partial charge in [0.15, 0.2) is 0 Å². The van der Waals surface area contributed by atoms with Crippen molar-refractivity contribution in [1.29, 1.82) is 0 Å². The highest BCUT2D eigenvalue weighted by molar-refractivity contribution is 6.13. The van der Waals surface area contributed by atoms with Crippen molar-refractivity contribution >= 4 is 11.6 Å². The van der Waals surface area contributed by atoms with Gasteiger partial charge in [-0.1, -0.05) is 60.7 Å². The lowest BCUT2D eigenvalue weighted by molar-refractivity contribution is -0.122. The van der Waals surface area contributed by atoms with E-state index in [-0.39, 0.29) is 11.9 Å². The molecule has 1 saturated heterocycles. The number of amides is 1. The molecule has 0 saturated carbocycles. The summed E-state index contributed by atoms with van der Waals surface area (Å²) in [7, 11) is 0. The molecule has 5 nitrogen and oxygen atoms in total. The quantitative estimate of drug-likeness (QED) is 0.590. The van der Waals surface area contributed by atoms with Crippen molar-refractivity contribution in [2.24, 2.45) is 5.10 Å². The first-order valence-corrected chi connectivity index (χ1v) is 7.31. The van der Waals surface area contributed by atoms with Gasteiger partial charge in [0.05, 0.1) is 5.71 Å². The molecule has 2 aromatic rings. The third-order valence-corrected chi connectivity index (χ3v) is 3.52. The molecule has 3 N–H and O–H groups in total. The van der Waals surface area contributed by atoms with Crippen molar-refractivity contribution in [3.8, 4) is 0 Å². The van der Waals surface area contributed by atoms with Gasteiger partial charge >= 0.3 is 0 Å². The van der Waals surface area contributed by atoms with E-state index in [1.54, 1.807) is 0 Å². The number of nitrogens with zero attached hydrogens (tertiary/aromatic N) is 1. The zero-order chi connectivity index (χ0) is 15.2. The number of nitrogens with one attached hydrogen (secondary N) is 3. The first-order valence-electron chi connectivity index (χ1n) is 7.31. The molecule has 5 heteroatoms. The van der Waals surface area contributed by atoms with E-state index in [4.69, 9.17) is 0 Å². The second-order valence-corrected chi connectivity index (χ2v) is 5.08. The highest BCUT2D eigenvalue weighted by Gasteiger charge is 2.21. The zero-order valence-corrected chi connectivity index (χ0v) is 12.1. The van der Waals surface area contributed by atoms with Crippen molar-refractivity contribution in [2.75, 3.05) is 6.54 Å². The van der Waals surface area contributed by atoms with Gasteiger partial charge in [-0.05, 0) is 6.42 Å². The molecule has 22 heavy (non-hydrogen) atoms. The van der Waals surface area contributed by atoms with Gasteiger partial charge in [0.2, 0.25) is 0 Å². The number of benzene rings is 2. The summed E-state index contributed by atoms with van der Waals surface area (Å²) in [6.07, 6.45) is 0.757. The fraction of sp³-hybridized carbons (Fsp3) is 0.176. The Balaban J connectivity index is 1.85. The van der Waals surface area contributed by atoms with E-state index in [1.807, 2.05) is 60.7 Å². The Bertz CT molecular complexity index is 607. The lowest BCUT2D eigenvalue weighted by Crippen LogP contribution is -2.41. The fourth-order valence-corrected chi connectivity index (χ4v) is 2.36. The van der Waals surface area contributed by atoms with Gasteiger partial charge < -0.3 is 0 Å². The van der Waals surface area contributed by atoms with Gasteiger partial charge in [0, 0.05) is 17.7 Å². The van der Waals surface area contributed by atoms with E-state index in [1.165, 1.54) is 0 Å². The average molecular weight is 294 g/mol. The largest absolute Gasteiger partial charge is 0.271 e. The molecule has 0 spiro atoms. The molecule has 3 rings (SSSR count).